The van der Waals surface area contributed by atoms with Crippen LogP contribution in [0.25, 0.3) is 12.2 Å². The number of carbonyl (C=O) groups is 2. The molecule has 1 aromatic heterocycles. The summed E-state index contributed by atoms with van der Waals surface area (Å²) in [6.07, 6.45) is 7.49. The number of hydrogen-bond donors (Lipinski definition) is 0. The van der Waals surface area contributed by atoms with E-state index in [2.05, 4.69) is 0 Å². The van der Waals surface area contributed by atoms with Crippen LogP contribution in [0.1, 0.15) is 30.4 Å². The van der Waals surface area contributed by atoms with E-state index in [9.17, 15) is 18.0 Å². The highest BCUT2D eigenvalue weighted by Crippen LogP contribution is 2.40. The van der Waals surface area contributed by atoms with E-state index in [0.29, 0.717) is 26.2 Å². The number of benzene rings is 1. The van der Waals surface area contributed by atoms with Gasteiger partial charge in [0.25, 0.3) is 0 Å². The van der Waals surface area contributed by atoms with Gasteiger partial charge in [0, 0.05) is 37.7 Å². The zero-order chi connectivity index (χ0) is 23.3. The molecule has 0 radical (unpaired) electrons. The second-order valence-electron chi connectivity index (χ2n) is 8.80. The van der Waals surface area contributed by atoms with Crippen LogP contribution in [0.2, 0.25) is 0 Å². The fraction of sp³-hybridized carbons (Fsp3) is 0.360. The van der Waals surface area contributed by atoms with Crippen LogP contribution in [0.4, 0.5) is 0 Å². The van der Waals surface area contributed by atoms with Crippen molar-refractivity contribution in [3.05, 3.63) is 69.8 Å². The number of piperidine rings is 1. The first kappa shape index (κ1) is 23.4. The lowest BCUT2D eigenvalue weighted by atomic mass is 9.78. The normalized spacial score (nSPS) is 18.5. The maximum atomic E-state index is 12.7. The van der Waals surface area contributed by atoms with Crippen molar-refractivity contribution in [3.8, 4) is 0 Å². The molecule has 8 heteroatoms. The SMILES string of the molecule is O=C(C=Cc1ccsc1)N1CCC2(CC1)CCN(C(=O)CS(=O)(=O)C=Cc1ccccc1)C2. The van der Waals surface area contributed by atoms with Crippen molar-refractivity contribution < 1.29 is 18.0 Å². The van der Waals surface area contributed by atoms with Gasteiger partial charge in [-0.25, -0.2) is 8.42 Å². The zero-order valence-corrected chi connectivity index (χ0v) is 20.1. The van der Waals surface area contributed by atoms with Gasteiger partial charge in [0.15, 0.2) is 9.84 Å². The van der Waals surface area contributed by atoms with Crippen molar-refractivity contribution in [2.45, 2.75) is 19.3 Å². The molecule has 4 rings (SSSR count). The van der Waals surface area contributed by atoms with E-state index in [-0.39, 0.29) is 17.2 Å². The molecular weight excluding hydrogens is 456 g/mol. The molecule has 6 nitrogen and oxygen atoms in total. The summed E-state index contributed by atoms with van der Waals surface area (Å²) in [6, 6.07) is 11.1. The maximum Gasteiger partial charge on any atom is 0.246 e. The molecule has 1 spiro atoms. The Balaban J connectivity index is 1.28. The number of thiophene rings is 1. The van der Waals surface area contributed by atoms with Gasteiger partial charge in [-0.3, -0.25) is 9.59 Å². The number of nitrogens with zero attached hydrogens (tertiary/aromatic N) is 2. The average molecular weight is 485 g/mol. The summed E-state index contributed by atoms with van der Waals surface area (Å²) < 4.78 is 24.8. The van der Waals surface area contributed by atoms with Gasteiger partial charge < -0.3 is 9.80 Å². The topological polar surface area (TPSA) is 74.8 Å². The lowest BCUT2D eigenvalue weighted by molar-refractivity contribution is -0.130. The van der Waals surface area contributed by atoms with Crippen LogP contribution in [-0.4, -0.2) is 62.0 Å². The molecule has 2 aliphatic heterocycles. The van der Waals surface area contributed by atoms with Crippen LogP contribution in [0.15, 0.2) is 58.6 Å². The van der Waals surface area contributed by atoms with E-state index in [1.807, 2.05) is 58.1 Å². The van der Waals surface area contributed by atoms with Gasteiger partial charge in [-0.05, 0) is 64.8 Å². The van der Waals surface area contributed by atoms with Crippen molar-refractivity contribution in [2.24, 2.45) is 5.41 Å². The zero-order valence-electron chi connectivity index (χ0n) is 18.4. The van der Waals surface area contributed by atoms with Gasteiger partial charge in [0.2, 0.25) is 11.8 Å². The number of carbonyl (C=O) groups excluding carboxylic acids is 2. The maximum absolute atomic E-state index is 12.7. The largest absolute Gasteiger partial charge is 0.341 e. The Kier molecular flexibility index (Phi) is 7.14. The van der Waals surface area contributed by atoms with Crippen molar-refractivity contribution in [1.29, 1.82) is 0 Å². The first-order chi connectivity index (χ1) is 15.8. The van der Waals surface area contributed by atoms with E-state index in [4.69, 9.17) is 0 Å². The molecule has 2 aromatic rings. The Morgan fingerprint density at radius 1 is 0.939 bits per heavy atom. The summed E-state index contributed by atoms with van der Waals surface area (Å²) in [4.78, 5) is 28.7. The molecule has 0 aliphatic carbocycles. The Morgan fingerprint density at radius 2 is 1.64 bits per heavy atom. The van der Waals surface area contributed by atoms with E-state index in [1.165, 1.54) is 6.08 Å². The van der Waals surface area contributed by atoms with E-state index >= 15 is 0 Å². The van der Waals surface area contributed by atoms with E-state index in [0.717, 1.165) is 35.8 Å². The van der Waals surface area contributed by atoms with Gasteiger partial charge in [-0.15, -0.1) is 0 Å². The van der Waals surface area contributed by atoms with Crippen molar-refractivity contribution in [2.75, 3.05) is 31.9 Å². The molecule has 2 amide bonds. The standard InChI is InChI=1S/C25H28N2O4S2/c28-23(7-6-22-8-16-32-18-22)26-13-10-25(11-14-26)12-15-27(20-25)24(29)19-33(30,31)17-9-21-4-2-1-3-5-21/h1-9,16-18H,10-15,19-20H2. The quantitative estimate of drug-likeness (QED) is 0.586. The molecule has 2 saturated heterocycles. The minimum absolute atomic E-state index is 0.0123. The molecule has 0 bridgehead atoms. The number of sulfone groups is 1. The fourth-order valence-corrected chi connectivity index (χ4v) is 6.07. The number of likely N-dealkylation sites (tertiary alicyclic amines) is 2. The number of hydrogen-bond acceptors (Lipinski definition) is 5. The molecule has 0 saturated carbocycles. The lowest BCUT2D eigenvalue weighted by Gasteiger charge is -2.38. The van der Waals surface area contributed by atoms with Crippen molar-refractivity contribution in [1.82, 2.24) is 9.80 Å². The predicted octanol–water partition coefficient (Wildman–Crippen LogP) is 3.69. The summed E-state index contributed by atoms with van der Waals surface area (Å²) in [7, 11) is -3.64. The molecular formula is C25H28N2O4S2. The summed E-state index contributed by atoms with van der Waals surface area (Å²) in [5.74, 6) is -0.843. The van der Waals surface area contributed by atoms with Crippen LogP contribution in [0, 0.1) is 5.41 Å². The molecule has 33 heavy (non-hydrogen) atoms. The fourth-order valence-electron chi connectivity index (χ4n) is 4.46. The molecule has 0 atom stereocenters. The Bertz CT molecular complexity index is 1130. The van der Waals surface area contributed by atoms with Crippen LogP contribution < -0.4 is 0 Å². The van der Waals surface area contributed by atoms with Gasteiger partial charge >= 0.3 is 0 Å². The predicted molar refractivity (Wildman–Crippen MR) is 132 cm³/mol. The second-order valence-corrected chi connectivity index (χ2v) is 11.5. The minimum Gasteiger partial charge on any atom is -0.341 e. The third-order valence-electron chi connectivity index (χ3n) is 6.48. The van der Waals surface area contributed by atoms with Crippen LogP contribution in [0.3, 0.4) is 0 Å². The van der Waals surface area contributed by atoms with Crippen molar-refractivity contribution in [3.63, 3.8) is 0 Å². The highest BCUT2D eigenvalue weighted by molar-refractivity contribution is 7.95. The van der Waals surface area contributed by atoms with Crippen molar-refractivity contribution >= 4 is 45.1 Å². The minimum atomic E-state index is -3.64. The van der Waals surface area contributed by atoms with Crippen LogP contribution in [0.5, 0.6) is 0 Å². The smallest absolute Gasteiger partial charge is 0.246 e. The molecule has 2 aliphatic rings. The van der Waals surface area contributed by atoms with Gasteiger partial charge in [-0.2, -0.15) is 11.3 Å². The first-order valence-electron chi connectivity index (χ1n) is 11.1. The summed E-state index contributed by atoms with van der Waals surface area (Å²) >= 11 is 1.60. The van der Waals surface area contributed by atoms with Gasteiger partial charge in [0.05, 0.1) is 0 Å². The Morgan fingerprint density at radius 3 is 2.30 bits per heavy atom. The second kappa shape index (κ2) is 10.1. The molecule has 0 N–H and O–H groups in total. The Hall–Kier alpha value is -2.71. The monoisotopic (exact) mass is 484 g/mol. The summed E-state index contributed by atoms with van der Waals surface area (Å²) in [5.41, 5.74) is 1.79. The van der Waals surface area contributed by atoms with E-state index < -0.39 is 15.6 Å². The first-order valence-corrected chi connectivity index (χ1v) is 13.7. The third-order valence-corrected chi connectivity index (χ3v) is 8.38. The Labute approximate surface area is 199 Å². The summed E-state index contributed by atoms with van der Waals surface area (Å²) in [6.45, 7) is 2.46. The average Bonchev–Trinajstić information content (AvgIpc) is 3.48. The molecule has 3 heterocycles. The molecule has 1 aromatic carbocycles. The van der Waals surface area contributed by atoms with Crippen LogP contribution in [-0.2, 0) is 19.4 Å². The highest BCUT2D eigenvalue weighted by Gasteiger charge is 2.42. The molecule has 2 fully saturated rings. The molecule has 0 unspecified atom stereocenters. The van der Waals surface area contributed by atoms with Crippen LogP contribution >= 0.6 is 11.3 Å². The van der Waals surface area contributed by atoms with E-state index in [1.54, 1.807) is 22.3 Å². The lowest BCUT2D eigenvalue weighted by Crippen LogP contribution is -2.44. The van der Waals surface area contributed by atoms with Gasteiger partial charge in [0.1, 0.15) is 5.75 Å². The van der Waals surface area contributed by atoms with Gasteiger partial charge in [-0.1, -0.05) is 30.3 Å². The third kappa shape index (κ3) is 6.21. The summed E-state index contributed by atoms with van der Waals surface area (Å²) in [5, 5.41) is 5.10. The molecule has 174 valence electrons. The number of rotatable bonds is 6. The highest BCUT2D eigenvalue weighted by atomic mass is 32.2. The number of amides is 2.